The van der Waals surface area contributed by atoms with Gasteiger partial charge in [-0.25, -0.2) is 0 Å². The van der Waals surface area contributed by atoms with Crippen LogP contribution >= 0.6 is 11.8 Å². The van der Waals surface area contributed by atoms with Crippen LogP contribution in [-0.2, 0) is 5.41 Å². The molecule has 3 heteroatoms. The first-order valence-corrected chi connectivity index (χ1v) is 8.74. The Balaban J connectivity index is 1.96. The quantitative estimate of drug-likeness (QED) is 0.632. The summed E-state index contributed by atoms with van der Waals surface area (Å²) in [6, 6.07) is 9.18. The van der Waals surface area contributed by atoms with Crippen molar-refractivity contribution in [3.8, 4) is 0 Å². The van der Waals surface area contributed by atoms with Gasteiger partial charge in [-0.15, -0.1) is 0 Å². The van der Waals surface area contributed by atoms with Gasteiger partial charge < -0.3 is 0 Å². The second kappa shape index (κ2) is 6.97. The third-order valence-corrected chi connectivity index (χ3v) is 5.65. The molecule has 1 aromatic rings. The minimum absolute atomic E-state index is 0.211. The Labute approximate surface area is 127 Å². The Morgan fingerprint density at radius 2 is 1.80 bits per heavy atom. The van der Waals surface area contributed by atoms with E-state index in [-0.39, 0.29) is 11.5 Å². The molecule has 0 spiro atoms. The van der Waals surface area contributed by atoms with Crippen molar-refractivity contribution in [3.05, 3.63) is 35.4 Å². The van der Waals surface area contributed by atoms with Gasteiger partial charge in [0.05, 0.1) is 6.04 Å². The van der Waals surface area contributed by atoms with E-state index in [4.69, 9.17) is 5.84 Å². The molecule has 1 aliphatic rings. The maximum absolute atomic E-state index is 5.75. The average Bonchev–Trinajstić information content (AvgIpc) is 2.92. The molecular weight excluding hydrogens is 264 g/mol. The normalized spacial score (nSPS) is 18.4. The van der Waals surface area contributed by atoms with Crippen LogP contribution in [0.4, 0.5) is 0 Å². The molecule has 1 aliphatic carbocycles. The molecule has 0 bridgehead atoms. The topological polar surface area (TPSA) is 38.0 Å². The minimum Gasteiger partial charge on any atom is -0.271 e. The molecule has 0 saturated heterocycles. The zero-order valence-corrected chi connectivity index (χ0v) is 13.8. The Morgan fingerprint density at radius 3 is 2.30 bits per heavy atom. The van der Waals surface area contributed by atoms with E-state index in [2.05, 4.69) is 62.2 Å². The monoisotopic (exact) mass is 292 g/mol. The molecule has 1 aromatic carbocycles. The molecule has 0 radical (unpaired) electrons. The van der Waals surface area contributed by atoms with E-state index >= 15 is 0 Å². The van der Waals surface area contributed by atoms with Gasteiger partial charge >= 0.3 is 0 Å². The number of nitrogens with one attached hydrogen (secondary N) is 1. The SMILES string of the molecule is CC(C)(C)c1ccc(C(CSC2CCCC2)NN)cc1. The van der Waals surface area contributed by atoms with Crippen molar-refractivity contribution < 1.29 is 0 Å². The largest absolute Gasteiger partial charge is 0.271 e. The Hall–Kier alpha value is -0.510. The molecule has 112 valence electrons. The highest BCUT2D eigenvalue weighted by Gasteiger charge is 2.19. The number of hydrogen-bond acceptors (Lipinski definition) is 3. The summed E-state index contributed by atoms with van der Waals surface area (Å²) in [4.78, 5) is 0. The maximum Gasteiger partial charge on any atom is 0.0550 e. The fourth-order valence-corrected chi connectivity index (χ4v) is 4.16. The molecule has 0 amide bonds. The van der Waals surface area contributed by atoms with E-state index in [0.29, 0.717) is 0 Å². The van der Waals surface area contributed by atoms with Crippen molar-refractivity contribution in [2.75, 3.05) is 5.75 Å². The van der Waals surface area contributed by atoms with Crippen molar-refractivity contribution >= 4 is 11.8 Å². The predicted octanol–water partition coefficient (Wildman–Crippen LogP) is 4.16. The molecule has 1 unspecified atom stereocenters. The molecule has 0 aromatic heterocycles. The van der Waals surface area contributed by atoms with Gasteiger partial charge in [0.2, 0.25) is 0 Å². The number of rotatable bonds is 5. The summed E-state index contributed by atoms with van der Waals surface area (Å²) in [7, 11) is 0. The lowest BCUT2D eigenvalue weighted by Gasteiger charge is -2.22. The van der Waals surface area contributed by atoms with Crippen molar-refractivity contribution in [1.29, 1.82) is 0 Å². The molecule has 0 aliphatic heterocycles. The highest BCUT2D eigenvalue weighted by atomic mass is 32.2. The highest BCUT2D eigenvalue weighted by molar-refractivity contribution is 7.99. The standard InChI is InChI=1S/C17H28N2S/c1-17(2,3)14-10-8-13(9-11-14)16(19-18)12-20-15-6-4-5-7-15/h8-11,15-16,19H,4-7,12,18H2,1-3H3. The molecule has 1 saturated carbocycles. The molecule has 0 heterocycles. The average molecular weight is 292 g/mol. The first kappa shape index (κ1) is 15.9. The van der Waals surface area contributed by atoms with E-state index < -0.39 is 0 Å². The summed E-state index contributed by atoms with van der Waals surface area (Å²) in [5.74, 6) is 6.82. The number of benzene rings is 1. The molecule has 1 atom stereocenters. The van der Waals surface area contributed by atoms with E-state index in [0.717, 1.165) is 11.0 Å². The van der Waals surface area contributed by atoms with Gasteiger partial charge in [0.25, 0.3) is 0 Å². The van der Waals surface area contributed by atoms with Gasteiger partial charge in [0, 0.05) is 11.0 Å². The van der Waals surface area contributed by atoms with E-state index in [1.54, 1.807) is 0 Å². The number of hydrazine groups is 1. The summed E-state index contributed by atoms with van der Waals surface area (Å²) in [5.41, 5.74) is 5.86. The van der Waals surface area contributed by atoms with Crippen LogP contribution < -0.4 is 11.3 Å². The fraction of sp³-hybridized carbons (Fsp3) is 0.647. The first-order chi connectivity index (χ1) is 9.50. The van der Waals surface area contributed by atoms with Crippen LogP contribution in [0.25, 0.3) is 0 Å². The van der Waals surface area contributed by atoms with E-state index in [1.807, 2.05) is 0 Å². The first-order valence-electron chi connectivity index (χ1n) is 7.69. The summed E-state index contributed by atoms with van der Waals surface area (Å²) in [5, 5.41) is 0.847. The minimum atomic E-state index is 0.211. The highest BCUT2D eigenvalue weighted by Crippen LogP contribution is 2.32. The zero-order chi connectivity index (χ0) is 14.6. The summed E-state index contributed by atoms with van der Waals surface area (Å²) < 4.78 is 0. The second-order valence-corrected chi connectivity index (χ2v) is 8.16. The second-order valence-electron chi connectivity index (χ2n) is 6.83. The van der Waals surface area contributed by atoms with Crippen LogP contribution in [0.1, 0.15) is 63.6 Å². The third kappa shape index (κ3) is 4.24. The maximum atomic E-state index is 5.75. The van der Waals surface area contributed by atoms with E-state index in [1.165, 1.54) is 36.8 Å². The van der Waals surface area contributed by atoms with Gasteiger partial charge in [0.1, 0.15) is 0 Å². The lowest BCUT2D eigenvalue weighted by molar-refractivity contribution is 0.585. The summed E-state index contributed by atoms with van der Waals surface area (Å²) in [6.07, 6.45) is 5.56. The fourth-order valence-electron chi connectivity index (χ4n) is 2.74. The number of nitrogens with two attached hydrogens (primary N) is 1. The van der Waals surface area contributed by atoms with E-state index in [9.17, 15) is 0 Å². The van der Waals surface area contributed by atoms with Gasteiger partial charge in [-0.3, -0.25) is 11.3 Å². The van der Waals surface area contributed by atoms with Crippen LogP contribution in [0.15, 0.2) is 24.3 Å². The molecule has 20 heavy (non-hydrogen) atoms. The van der Waals surface area contributed by atoms with Crippen LogP contribution in [0.2, 0.25) is 0 Å². The Bertz CT molecular complexity index is 402. The predicted molar refractivity (Wildman–Crippen MR) is 89.9 cm³/mol. The van der Waals surface area contributed by atoms with Gasteiger partial charge in [-0.1, -0.05) is 57.9 Å². The van der Waals surface area contributed by atoms with Crippen molar-refractivity contribution in [2.24, 2.45) is 5.84 Å². The van der Waals surface area contributed by atoms with Crippen LogP contribution in [0, 0.1) is 0 Å². The van der Waals surface area contributed by atoms with Crippen molar-refractivity contribution in [1.82, 2.24) is 5.43 Å². The Morgan fingerprint density at radius 1 is 1.20 bits per heavy atom. The van der Waals surface area contributed by atoms with Crippen LogP contribution in [-0.4, -0.2) is 11.0 Å². The molecular formula is C17H28N2S. The molecule has 1 fully saturated rings. The smallest absolute Gasteiger partial charge is 0.0550 e. The molecule has 2 rings (SSSR count). The summed E-state index contributed by atoms with van der Waals surface area (Å²) >= 11 is 2.08. The Kier molecular flexibility index (Phi) is 5.53. The van der Waals surface area contributed by atoms with Crippen LogP contribution in [0.3, 0.4) is 0 Å². The van der Waals surface area contributed by atoms with Gasteiger partial charge in [-0.05, 0) is 29.4 Å². The third-order valence-electron chi connectivity index (χ3n) is 4.18. The number of hydrogen-bond donors (Lipinski definition) is 2. The van der Waals surface area contributed by atoms with Gasteiger partial charge in [0.15, 0.2) is 0 Å². The van der Waals surface area contributed by atoms with Gasteiger partial charge in [-0.2, -0.15) is 11.8 Å². The number of thioether (sulfide) groups is 1. The van der Waals surface area contributed by atoms with Crippen molar-refractivity contribution in [3.63, 3.8) is 0 Å². The molecule has 2 nitrogen and oxygen atoms in total. The lowest BCUT2D eigenvalue weighted by Crippen LogP contribution is -2.30. The molecule has 3 N–H and O–H groups in total. The van der Waals surface area contributed by atoms with Crippen LogP contribution in [0.5, 0.6) is 0 Å². The lowest BCUT2D eigenvalue weighted by atomic mass is 9.86. The van der Waals surface area contributed by atoms with Crippen molar-refractivity contribution in [2.45, 2.75) is 63.2 Å². The zero-order valence-electron chi connectivity index (χ0n) is 13.0. The summed E-state index contributed by atoms with van der Waals surface area (Å²) in [6.45, 7) is 6.74.